The number of nitrogens with one attached hydrogen (secondary N) is 1. The first-order chi connectivity index (χ1) is 10.7. The minimum Gasteiger partial charge on any atom is -0.467 e. The monoisotopic (exact) mass is 301 g/mol. The number of anilines is 1. The van der Waals surface area contributed by atoms with Gasteiger partial charge in [0.05, 0.1) is 18.1 Å². The highest BCUT2D eigenvalue weighted by atomic mass is 16.4. The molecular weight excluding hydrogens is 282 g/mol. The first-order valence-corrected chi connectivity index (χ1v) is 7.43. The van der Waals surface area contributed by atoms with E-state index in [1.165, 1.54) is 0 Å². The lowest BCUT2D eigenvalue weighted by Gasteiger charge is -2.26. The molecule has 0 radical (unpaired) electrons. The van der Waals surface area contributed by atoms with Crippen LogP contribution in [0.4, 0.5) is 10.5 Å². The molecule has 0 spiro atoms. The van der Waals surface area contributed by atoms with Gasteiger partial charge in [-0.15, -0.1) is 0 Å². The predicted octanol–water partition coefficient (Wildman–Crippen LogP) is 2.79. The van der Waals surface area contributed by atoms with E-state index < -0.39 is 6.10 Å². The first-order valence-electron chi connectivity index (χ1n) is 7.43. The normalized spacial score (nSPS) is 19.1. The molecule has 1 aliphatic heterocycles. The van der Waals surface area contributed by atoms with Crippen molar-refractivity contribution in [3.8, 4) is 0 Å². The van der Waals surface area contributed by atoms with Crippen molar-refractivity contribution in [1.82, 2.24) is 9.88 Å². The van der Waals surface area contributed by atoms with E-state index in [0.29, 0.717) is 24.4 Å². The van der Waals surface area contributed by atoms with Gasteiger partial charge in [0.15, 0.2) is 0 Å². The van der Waals surface area contributed by atoms with Crippen LogP contribution in [0.2, 0.25) is 0 Å². The molecule has 6 heteroatoms. The molecule has 2 atom stereocenters. The Morgan fingerprint density at radius 2 is 2.41 bits per heavy atom. The molecular formula is C16H19N3O3. The molecule has 2 unspecified atom stereocenters. The Morgan fingerprint density at radius 3 is 3.14 bits per heavy atom. The average Bonchev–Trinajstić information content (AvgIpc) is 3.19. The molecule has 1 fully saturated rings. The van der Waals surface area contributed by atoms with Crippen LogP contribution in [0, 0.1) is 0 Å². The summed E-state index contributed by atoms with van der Waals surface area (Å²) < 4.78 is 5.22. The lowest BCUT2D eigenvalue weighted by molar-refractivity contribution is 0.110. The molecule has 116 valence electrons. The lowest BCUT2D eigenvalue weighted by Crippen LogP contribution is -2.39. The van der Waals surface area contributed by atoms with Gasteiger partial charge < -0.3 is 19.7 Å². The number of carbonyl (C=O) groups is 1. The van der Waals surface area contributed by atoms with Crippen molar-refractivity contribution in [3.63, 3.8) is 0 Å². The molecule has 3 heterocycles. The average molecular weight is 301 g/mol. The molecule has 6 nitrogen and oxygen atoms in total. The van der Waals surface area contributed by atoms with E-state index in [1.54, 1.807) is 47.8 Å². The van der Waals surface area contributed by atoms with Crippen molar-refractivity contribution in [3.05, 3.63) is 48.7 Å². The van der Waals surface area contributed by atoms with Gasteiger partial charge in [-0.1, -0.05) is 0 Å². The highest BCUT2D eigenvalue weighted by molar-refractivity contribution is 5.89. The van der Waals surface area contributed by atoms with Crippen LogP contribution in [-0.4, -0.2) is 33.6 Å². The molecule has 1 aliphatic rings. The Morgan fingerprint density at radius 1 is 1.50 bits per heavy atom. The van der Waals surface area contributed by atoms with E-state index in [1.807, 2.05) is 0 Å². The topological polar surface area (TPSA) is 78.6 Å². The van der Waals surface area contributed by atoms with Gasteiger partial charge in [-0.05, 0) is 37.1 Å². The summed E-state index contributed by atoms with van der Waals surface area (Å²) in [5.41, 5.74) is 0.671. The van der Waals surface area contributed by atoms with E-state index >= 15 is 0 Å². The van der Waals surface area contributed by atoms with Gasteiger partial charge >= 0.3 is 6.03 Å². The molecule has 0 saturated carbocycles. The number of nitrogens with zero attached hydrogens (tertiary/aromatic N) is 2. The van der Waals surface area contributed by atoms with Gasteiger partial charge in [0.1, 0.15) is 11.9 Å². The minimum atomic E-state index is -0.688. The maximum Gasteiger partial charge on any atom is 0.322 e. The zero-order valence-electron chi connectivity index (χ0n) is 12.2. The van der Waals surface area contributed by atoms with Gasteiger partial charge in [0.25, 0.3) is 0 Å². The van der Waals surface area contributed by atoms with Crippen LogP contribution < -0.4 is 5.32 Å². The molecule has 22 heavy (non-hydrogen) atoms. The Balaban J connectivity index is 1.61. The maximum atomic E-state index is 12.4. The van der Waals surface area contributed by atoms with Crippen LogP contribution in [0.15, 0.2) is 47.3 Å². The standard InChI is InChI=1S/C16H19N3O3/c20-14(15-6-3-9-22-15)10-13-5-2-8-19(13)16(21)18-12-4-1-7-17-11-12/h1,3-4,6-7,9,11,13-14,20H,2,5,8,10H2,(H,18,21). The predicted molar refractivity (Wildman–Crippen MR) is 81.3 cm³/mol. The number of aliphatic hydroxyl groups excluding tert-OH is 1. The van der Waals surface area contributed by atoms with E-state index in [-0.39, 0.29) is 12.1 Å². The number of hydrogen-bond donors (Lipinski definition) is 2. The second-order valence-electron chi connectivity index (χ2n) is 5.43. The minimum absolute atomic E-state index is 0.0109. The Hall–Kier alpha value is -2.34. The SMILES string of the molecule is O=C(Nc1cccnc1)N1CCCC1CC(O)c1ccco1. The molecule has 1 saturated heterocycles. The van der Waals surface area contributed by atoms with Crippen molar-refractivity contribution < 1.29 is 14.3 Å². The number of aromatic nitrogens is 1. The third-order valence-electron chi connectivity index (χ3n) is 3.92. The van der Waals surface area contributed by atoms with Crippen LogP contribution in [-0.2, 0) is 0 Å². The van der Waals surface area contributed by atoms with E-state index in [2.05, 4.69) is 10.3 Å². The number of urea groups is 1. The number of likely N-dealkylation sites (tertiary alicyclic amines) is 1. The first kappa shape index (κ1) is 14.6. The number of amides is 2. The van der Waals surface area contributed by atoms with Crippen LogP contribution >= 0.6 is 0 Å². The van der Waals surface area contributed by atoms with Crippen LogP contribution in [0.3, 0.4) is 0 Å². The summed E-state index contributed by atoms with van der Waals surface area (Å²) in [5.74, 6) is 0.541. The molecule has 2 amide bonds. The van der Waals surface area contributed by atoms with E-state index in [0.717, 1.165) is 12.8 Å². The van der Waals surface area contributed by atoms with Crippen molar-refractivity contribution in [2.24, 2.45) is 0 Å². The van der Waals surface area contributed by atoms with Crippen molar-refractivity contribution in [1.29, 1.82) is 0 Å². The smallest absolute Gasteiger partial charge is 0.322 e. The zero-order chi connectivity index (χ0) is 15.4. The van der Waals surface area contributed by atoms with Gasteiger partial charge in [0, 0.05) is 25.2 Å². The van der Waals surface area contributed by atoms with Gasteiger partial charge in [-0.3, -0.25) is 4.98 Å². The second-order valence-corrected chi connectivity index (χ2v) is 5.43. The third-order valence-corrected chi connectivity index (χ3v) is 3.92. The molecule has 0 bridgehead atoms. The highest BCUT2D eigenvalue weighted by Crippen LogP contribution is 2.28. The molecule has 2 aromatic rings. The van der Waals surface area contributed by atoms with E-state index in [4.69, 9.17) is 4.42 Å². The Labute approximate surface area is 128 Å². The van der Waals surface area contributed by atoms with Gasteiger partial charge in [-0.2, -0.15) is 0 Å². The van der Waals surface area contributed by atoms with E-state index in [9.17, 15) is 9.90 Å². The summed E-state index contributed by atoms with van der Waals surface area (Å²) >= 11 is 0. The molecule has 0 aromatic carbocycles. The number of rotatable bonds is 4. The zero-order valence-corrected chi connectivity index (χ0v) is 12.2. The fourth-order valence-electron chi connectivity index (χ4n) is 2.83. The summed E-state index contributed by atoms with van der Waals surface area (Å²) in [6.45, 7) is 0.696. The van der Waals surface area contributed by atoms with Crippen molar-refractivity contribution >= 4 is 11.7 Å². The number of furan rings is 1. The fraction of sp³-hybridized carbons (Fsp3) is 0.375. The number of aliphatic hydroxyl groups is 1. The highest BCUT2D eigenvalue weighted by Gasteiger charge is 2.31. The maximum absolute atomic E-state index is 12.4. The summed E-state index contributed by atoms with van der Waals surface area (Å²) in [6.07, 6.45) is 6.43. The largest absolute Gasteiger partial charge is 0.467 e. The molecule has 2 N–H and O–H groups in total. The summed E-state index contributed by atoms with van der Waals surface area (Å²) in [4.78, 5) is 18.1. The van der Waals surface area contributed by atoms with Gasteiger partial charge in [-0.25, -0.2) is 4.79 Å². The Bertz CT molecular complexity index is 600. The van der Waals surface area contributed by atoms with Crippen LogP contribution in [0.1, 0.15) is 31.1 Å². The number of pyridine rings is 1. The molecule has 3 rings (SSSR count). The lowest BCUT2D eigenvalue weighted by atomic mass is 10.1. The molecule has 0 aliphatic carbocycles. The van der Waals surface area contributed by atoms with Crippen molar-refractivity contribution in [2.75, 3.05) is 11.9 Å². The van der Waals surface area contributed by atoms with Crippen LogP contribution in [0.25, 0.3) is 0 Å². The quantitative estimate of drug-likeness (QED) is 0.910. The van der Waals surface area contributed by atoms with Crippen molar-refractivity contribution in [2.45, 2.75) is 31.4 Å². The number of carbonyl (C=O) groups excluding carboxylic acids is 1. The fourth-order valence-corrected chi connectivity index (χ4v) is 2.83. The summed E-state index contributed by atoms with van der Waals surface area (Å²) in [7, 11) is 0. The molecule has 2 aromatic heterocycles. The van der Waals surface area contributed by atoms with Gasteiger partial charge in [0.2, 0.25) is 0 Å². The second kappa shape index (κ2) is 6.62. The summed E-state index contributed by atoms with van der Waals surface area (Å²) in [5, 5.41) is 13.0. The van der Waals surface area contributed by atoms with Crippen LogP contribution in [0.5, 0.6) is 0 Å². The Kier molecular flexibility index (Phi) is 4.39. The summed E-state index contributed by atoms with van der Waals surface area (Å²) in [6, 6.07) is 6.93. The number of hydrogen-bond acceptors (Lipinski definition) is 4. The third kappa shape index (κ3) is 3.28.